The highest BCUT2D eigenvalue weighted by Crippen LogP contribution is 2.41. The van der Waals surface area contributed by atoms with E-state index in [4.69, 9.17) is 15.2 Å². The maximum Gasteiger partial charge on any atom is 0.231 e. The first-order valence-corrected chi connectivity index (χ1v) is 4.86. The first-order valence-electron chi connectivity index (χ1n) is 4.86. The maximum absolute atomic E-state index is 13.0. The van der Waals surface area contributed by atoms with Crippen LogP contribution in [-0.2, 0) is 5.41 Å². The van der Waals surface area contributed by atoms with Crippen molar-refractivity contribution in [2.75, 3.05) is 20.0 Å². The molecule has 0 fully saturated rings. The van der Waals surface area contributed by atoms with Gasteiger partial charge in [-0.25, -0.2) is 0 Å². The number of alkyl halides is 1. The van der Waals surface area contributed by atoms with Crippen LogP contribution >= 0.6 is 0 Å². The summed E-state index contributed by atoms with van der Waals surface area (Å²) >= 11 is 0. The lowest BCUT2D eigenvalue weighted by Gasteiger charge is -2.25. The van der Waals surface area contributed by atoms with Gasteiger partial charge in [0.05, 0.1) is 0 Å². The Morgan fingerprint density at radius 2 is 2.27 bits per heavy atom. The summed E-state index contributed by atoms with van der Waals surface area (Å²) in [6, 6.07) is 5.47. The van der Waals surface area contributed by atoms with Crippen molar-refractivity contribution >= 4 is 0 Å². The lowest BCUT2D eigenvalue weighted by molar-refractivity contribution is 0.171. The minimum absolute atomic E-state index is 0.194. The van der Waals surface area contributed by atoms with E-state index in [1.807, 2.05) is 12.1 Å². The Labute approximate surface area is 88.0 Å². The lowest BCUT2D eigenvalue weighted by atomic mass is 9.83. The Morgan fingerprint density at radius 3 is 2.93 bits per heavy atom. The molecule has 0 bridgehead atoms. The summed E-state index contributed by atoms with van der Waals surface area (Å²) in [5.41, 5.74) is 5.69. The lowest BCUT2D eigenvalue weighted by Crippen LogP contribution is -2.34. The van der Waals surface area contributed by atoms with Gasteiger partial charge in [0, 0.05) is 17.5 Å². The van der Waals surface area contributed by atoms with Crippen LogP contribution in [0.1, 0.15) is 12.5 Å². The van der Waals surface area contributed by atoms with E-state index in [9.17, 15) is 4.39 Å². The number of hydrogen-bond acceptors (Lipinski definition) is 3. The first-order chi connectivity index (χ1) is 7.21. The summed E-state index contributed by atoms with van der Waals surface area (Å²) in [4.78, 5) is 0. The smallest absolute Gasteiger partial charge is 0.231 e. The van der Waals surface area contributed by atoms with Gasteiger partial charge in [-0.2, -0.15) is 0 Å². The number of halogens is 1. The van der Waals surface area contributed by atoms with Crippen LogP contribution in [0.5, 0.6) is 11.5 Å². The molecule has 0 aromatic heterocycles. The quantitative estimate of drug-likeness (QED) is 0.826. The van der Waals surface area contributed by atoms with Crippen LogP contribution < -0.4 is 15.2 Å². The number of benzene rings is 1. The van der Waals surface area contributed by atoms with E-state index in [2.05, 4.69) is 0 Å². The van der Waals surface area contributed by atoms with Gasteiger partial charge >= 0.3 is 0 Å². The van der Waals surface area contributed by atoms with Crippen LogP contribution in [0.25, 0.3) is 0 Å². The highest BCUT2D eigenvalue weighted by Gasteiger charge is 2.31. The molecule has 1 aliphatic heterocycles. The van der Waals surface area contributed by atoms with E-state index in [0.717, 1.165) is 5.56 Å². The van der Waals surface area contributed by atoms with Crippen molar-refractivity contribution in [3.05, 3.63) is 23.8 Å². The number of nitrogens with two attached hydrogens (primary N) is 1. The van der Waals surface area contributed by atoms with Gasteiger partial charge in [0.2, 0.25) is 6.79 Å². The van der Waals surface area contributed by atoms with E-state index in [1.54, 1.807) is 13.0 Å². The minimum atomic E-state index is -0.695. The molecule has 1 aromatic carbocycles. The van der Waals surface area contributed by atoms with Crippen LogP contribution in [0.15, 0.2) is 18.2 Å². The molecule has 0 spiro atoms. The van der Waals surface area contributed by atoms with E-state index < -0.39 is 12.1 Å². The summed E-state index contributed by atoms with van der Waals surface area (Å²) in [5.74, 6) is 1.30. The van der Waals surface area contributed by atoms with Crippen LogP contribution in [0.3, 0.4) is 0 Å². The van der Waals surface area contributed by atoms with E-state index in [1.165, 1.54) is 0 Å². The molecule has 1 unspecified atom stereocenters. The zero-order valence-corrected chi connectivity index (χ0v) is 8.63. The molecule has 2 N–H and O–H groups in total. The zero-order chi connectivity index (χ0) is 10.9. The molecular weight excluding hydrogens is 197 g/mol. The summed E-state index contributed by atoms with van der Waals surface area (Å²) in [5, 5.41) is 0. The third kappa shape index (κ3) is 1.55. The molecule has 1 atom stereocenters. The van der Waals surface area contributed by atoms with Crippen molar-refractivity contribution < 1.29 is 13.9 Å². The largest absolute Gasteiger partial charge is 0.454 e. The molecule has 4 heteroatoms. The summed E-state index contributed by atoms with van der Waals surface area (Å²) in [6.07, 6.45) is 0. The Hall–Kier alpha value is -1.29. The fourth-order valence-electron chi connectivity index (χ4n) is 1.64. The SMILES string of the molecule is CC(CN)(CF)c1cccc2c1OCO2. The Morgan fingerprint density at radius 1 is 1.47 bits per heavy atom. The van der Waals surface area contributed by atoms with Crippen molar-refractivity contribution in [1.29, 1.82) is 0 Å². The molecule has 82 valence electrons. The van der Waals surface area contributed by atoms with Gasteiger partial charge in [-0.05, 0) is 6.07 Å². The molecular formula is C11H14FNO2. The fourth-order valence-corrected chi connectivity index (χ4v) is 1.64. The zero-order valence-electron chi connectivity index (χ0n) is 8.63. The monoisotopic (exact) mass is 211 g/mol. The van der Waals surface area contributed by atoms with Crippen LogP contribution in [0.2, 0.25) is 0 Å². The third-order valence-corrected chi connectivity index (χ3v) is 2.79. The van der Waals surface area contributed by atoms with Gasteiger partial charge in [-0.15, -0.1) is 0 Å². The van der Waals surface area contributed by atoms with Gasteiger partial charge in [0.25, 0.3) is 0 Å². The molecule has 15 heavy (non-hydrogen) atoms. The number of fused-ring (bicyclic) bond motifs is 1. The van der Waals surface area contributed by atoms with Crippen molar-refractivity contribution in [1.82, 2.24) is 0 Å². The Kier molecular flexibility index (Phi) is 2.52. The first kappa shape index (κ1) is 10.2. The topological polar surface area (TPSA) is 44.5 Å². The van der Waals surface area contributed by atoms with E-state index in [-0.39, 0.29) is 13.3 Å². The van der Waals surface area contributed by atoms with Gasteiger partial charge in [-0.3, -0.25) is 4.39 Å². The van der Waals surface area contributed by atoms with Crippen LogP contribution in [0, 0.1) is 0 Å². The molecule has 1 aromatic rings. The second-order valence-electron chi connectivity index (χ2n) is 3.94. The van der Waals surface area contributed by atoms with Gasteiger partial charge in [-0.1, -0.05) is 19.1 Å². The second-order valence-corrected chi connectivity index (χ2v) is 3.94. The predicted octanol–water partition coefficient (Wildman–Crippen LogP) is 1.60. The van der Waals surface area contributed by atoms with Gasteiger partial charge in [0.1, 0.15) is 6.67 Å². The summed E-state index contributed by atoms with van der Waals surface area (Å²) in [7, 11) is 0. The predicted molar refractivity (Wildman–Crippen MR) is 54.9 cm³/mol. The normalized spacial score (nSPS) is 17.5. The molecule has 0 aliphatic carbocycles. The Balaban J connectivity index is 2.48. The van der Waals surface area contributed by atoms with Crippen molar-refractivity contribution in [3.63, 3.8) is 0 Å². The Bertz CT molecular complexity index is 364. The number of hydrogen-bond donors (Lipinski definition) is 1. The van der Waals surface area contributed by atoms with Gasteiger partial charge < -0.3 is 15.2 Å². The van der Waals surface area contributed by atoms with Crippen molar-refractivity contribution in [3.8, 4) is 11.5 Å². The highest BCUT2D eigenvalue weighted by atomic mass is 19.1. The molecule has 0 radical (unpaired) electrons. The summed E-state index contributed by atoms with van der Waals surface area (Å²) < 4.78 is 23.6. The molecule has 1 heterocycles. The second kappa shape index (κ2) is 3.70. The molecule has 0 saturated heterocycles. The number of ether oxygens (including phenoxy) is 2. The molecule has 0 saturated carbocycles. The standard InChI is InChI=1S/C11H14FNO2/c1-11(5-12,6-13)8-3-2-4-9-10(8)15-7-14-9/h2-4H,5-7,13H2,1H3. The minimum Gasteiger partial charge on any atom is -0.454 e. The molecule has 1 aliphatic rings. The van der Waals surface area contributed by atoms with E-state index >= 15 is 0 Å². The van der Waals surface area contributed by atoms with E-state index in [0.29, 0.717) is 11.5 Å². The average Bonchev–Trinajstić information content (AvgIpc) is 2.75. The third-order valence-electron chi connectivity index (χ3n) is 2.79. The molecule has 3 nitrogen and oxygen atoms in total. The average molecular weight is 211 g/mol. The molecule has 0 amide bonds. The highest BCUT2D eigenvalue weighted by molar-refractivity contribution is 5.51. The maximum atomic E-state index is 13.0. The number of para-hydroxylation sites is 1. The van der Waals surface area contributed by atoms with Gasteiger partial charge in [0.15, 0.2) is 11.5 Å². The van der Waals surface area contributed by atoms with Crippen LogP contribution in [-0.4, -0.2) is 20.0 Å². The van der Waals surface area contributed by atoms with Crippen molar-refractivity contribution in [2.45, 2.75) is 12.3 Å². The fraction of sp³-hybridized carbons (Fsp3) is 0.455. The summed E-state index contributed by atoms with van der Waals surface area (Å²) in [6.45, 7) is 1.70. The number of rotatable bonds is 3. The van der Waals surface area contributed by atoms with Crippen molar-refractivity contribution in [2.24, 2.45) is 5.73 Å². The van der Waals surface area contributed by atoms with Crippen LogP contribution in [0.4, 0.5) is 4.39 Å². The molecule has 2 rings (SSSR count).